The molecule has 1 rings (SSSR count). The summed E-state index contributed by atoms with van der Waals surface area (Å²) in [6, 6.07) is 0. The van der Waals surface area contributed by atoms with Gasteiger partial charge in [0, 0.05) is 13.0 Å². The summed E-state index contributed by atoms with van der Waals surface area (Å²) >= 11 is 0. The summed E-state index contributed by atoms with van der Waals surface area (Å²) in [5, 5.41) is 2.74. The minimum absolute atomic E-state index is 0.238. The number of carbonyl (C=O) groups excluding carboxylic acids is 1. The lowest BCUT2D eigenvalue weighted by Crippen LogP contribution is -2.31. The molecule has 0 aromatic carbocycles. The predicted octanol–water partition coefficient (Wildman–Crippen LogP) is 2.19. The second kappa shape index (κ2) is 4.64. The topological polar surface area (TPSA) is 29.1 Å². The zero-order valence-electron chi connectivity index (χ0n) is 8.97. The van der Waals surface area contributed by atoms with Crippen LogP contribution in [0.4, 0.5) is 0 Å². The summed E-state index contributed by atoms with van der Waals surface area (Å²) in [5.41, 5.74) is 0. The molecule has 0 unspecified atom stereocenters. The fraction of sp³-hybridized carbons (Fsp3) is 0.909. The van der Waals surface area contributed by atoms with E-state index >= 15 is 0 Å². The molecule has 1 saturated carbocycles. The maximum absolute atomic E-state index is 11.3. The van der Waals surface area contributed by atoms with E-state index in [1.54, 1.807) is 7.05 Å². The van der Waals surface area contributed by atoms with Gasteiger partial charge in [-0.05, 0) is 37.5 Å². The molecule has 0 aromatic heterocycles. The normalized spacial score (nSPS) is 28.9. The Hall–Kier alpha value is -0.530. The minimum Gasteiger partial charge on any atom is -0.359 e. The largest absolute Gasteiger partial charge is 0.359 e. The lowest BCUT2D eigenvalue weighted by Gasteiger charge is -2.29. The van der Waals surface area contributed by atoms with E-state index in [1.807, 2.05) is 0 Å². The third-order valence-corrected chi connectivity index (χ3v) is 3.33. The van der Waals surface area contributed by atoms with E-state index in [-0.39, 0.29) is 5.91 Å². The lowest BCUT2D eigenvalue weighted by atomic mass is 9.77. The summed E-state index contributed by atoms with van der Waals surface area (Å²) in [5.74, 6) is 2.16. The van der Waals surface area contributed by atoms with Gasteiger partial charge in [0.1, 0.15) is 0 Å². The quantitative estimate of drug-likeness (QED) is 0.698. The third kappa shape index (κ3) is 2.71. The van der Waals surface area contributed by atoms with Gasteiger partial charge in [-0.1, -0.05) is 13.8 Å². The fourth-order valence-electron chi connectivity index (χ4n) is 2.25. The van der Waals surface area contributed by atoms with Crippen molar-refractivity contribution in [1.29, 1.82) is 0 Å². The van der Waals surface area contributed by atoms with Crippen molar-refractivity contribution in [3.05, 3.63) is 0 Å². The molecule has 1 amide bonds. The van der Waals surface area contributed by atoms with E-state index < -0.39 is 0 Å². The van der Waals surface area contributed by atoms with Crippen molar-refractivity contribution >= 4 is 5.91 Å². The molecule has 0 atom stereocenters. The summed E-state index contributed by atoms with van der Waals surface area (Å²) in [6.45, 7) is 4.57. The molecule has 0 aliphatic heterocycles. The number of hydrogen-bond donors (Lipinski definition) is 1. The lowest BCUT2D eigenvalue weighted by molar-refractivity contribution is -0.125. The van der Waals surface area contributed by atoms with Crippen LogP contribution in [0, 0.1) is 17.8 Å². The third-order valence-electron chi connectivity index (χ3n) is 3.33. The summed E-state index contributed by atoms with van der Waals surface area (Å²) in [7, 11) is 1.73. The zero-order chi connectivity index (χ0) is 9.84. The minimum atomic E-state index is 0.238. The van der Waals surface area contributed by atoms with E-state index in [4.69, 9.17) is 0 Å². The van der Waals surface area contributed by atoms with Gasteiger partial charge in [-0.15, -0.1) is 0 Å². The van der Waals surface area contributed by atoms with Gasteiger partial charge >= 0.3 is 0 Å². The molecule has 2 heteroatoms. The summed E-state index contributed by atoms with van der Waals surface area (Å²) in [6.07, 6.45) is 4.64. The van der Waals surface area contributed by atoms with Gasteiger partial charge in [0.2, 0.25) is 5.91 Å². The second-order valence-corrected chi connectivity index (χ2v) is 4.47. The smallest absolute Gasteiger partial charge is 0.222 e. The fourth-order valence-corrected chi connectivity index (χ4v) is 2.25. The second-order valence-electron chi connectivity index (χ2n) is 4.47. The van der Waals surface area contributed by atoms with Crippen molar-refractivity contribution < 1.29 is 4.79 Å². The van der Waals surface area contributed by atoms with E-state index in [2.05, 4.69) is 19.2 Å². The van der Waals surface area contributed by atoms with Gasteiger partial charge in [0.15, 0.2) is 0 Å². The molecule has 76 valence electrons. The van der Waals surface area contributed by atoms with Crippen LogP contribution < -0.4 is 5.32 Å². The number of amides is 1. The molecule has 13 heavy (non-hydrogen) atoms. The van der Waals surface area contributed by atoms with Gasteiger partial charge in [-0.2, -0.15) is 0 Å². The maximum atomic E-state index is 11.3. The van der Waals surface area contributed by atoms with Crippen LogP contribution >= 0.6 is 0 Å². The predicted molar refractivity (Wildman–Crippen MR) is 54.4 cm³/mol. The van der Waals surface area contributed by atoms with Crippen LogP contribution in [0.25, 0.3) is 0 Å². The molecule has 0 heterocycles. The van der Waals surface area contributed by atoms with Gasteiger partial charge in [-0.25, -0.2) is 0 Å². The molecular formula is C11H21NO. The highest BCUT2D eigenvalue weighted by atomic mass is 16.1. The van der Waals surface area contributed by atoms with Gasteiger partial charge in [-0.3, -0.25) is 4.79 Å². The van der Waals surface area contributed by atoms with Crippen LogP contribution in [0.1, 0.15) is 39.5 Å². The van der Waals surface area contributed by atoms with Gasteiger partial charge in [0.25, 0.3) is 0 Å². The molecule has 0 bridgehead atoms. The molecule has 1 fully saturated rings. The molecule has 0 aromatic rings. The molecule has 2 nitrogen and oxygen atoms in total. The van der Waals surface area contributed by atoms with E-state index in [9.17, 15) is 4.79 Å². The molecule has 0 spiro atoms. The standard InChI is InChI=1S/C11H21NO/c1-8(2)9-4-6-10(7-5-9)11(13)12-3/h8-10H,4-7H2,1-3H3,(H,12,13)/t9-,10-. The Morgan fingerprint density at radius 3 is 2.15 bits per heavy atom. The van der Waals surface area contributed by atoms with Crippen molar-refractivity contribution in [2.45, 2.75) is 39.5 Å². The monoisotopic (exact) mass is 183 g/mol. The number of nitrogens with one attached hydrogen (secondary N) is 1. The van der Waals surface area contributed by atoms with Crippen molar-refractivity contribution in [3.8, 4) is 0 Å². The van der Waals surface area contributed by atoms with Crippen LogP contribution in [0.5, 0.6) is 0 Å². The van der Waals surface area contributed by atoms with Crippen LogP contribution in [0.3, 0.4) is 0 Å². The van der Waals surface area contributed by atoms with Crippen molar-refractivity contribution in [2.24, 2.45) is 17.8 Å². The van der Waals surface area contributed by atoms with Crippen molar-refractivity contribution in [3.63, 3.8) is 0 Å². The molecule has 0 saturated heterocycles. The Kier molecular flexibility index (Phi) is 3.76. The van der Waals surface area contributed by atoms with Gasteiger partial charge in [0.05, 0.1) is 0 Å². The Morgan fingerprint density at radius 1 is 1.23 bits per heavy atom. The SMILES string of the molecule is CNC(=O)[C@H]1CC[C@H](C(C)C)CC1. The van der Waals surface area contributed by atoms with Crippen LogP contribution in [0.15, 0.2) is 0 Å². The molecule has 0 radical (unpaired) electrons. The molecular weight excluding hydrogens is 162 g/mol. The Morgan fingerprint density at radius 2 is 1.77 bits per heavy atom. The average Bonchev–Trinajstić information content (AvgIpc) is 2.17. The first-order valence-electron chi connectivity index (χ1n) is 5.36. The number of rotatable bonds is 2. The van der Waals surface area contributed by atoms with Crippen molar-refractivity contribution in [2.75, 3.05) is 7.05 Å². The van der Waals surface area contributed by atoms with Crippen molar-refractivity contribution in [1.82, 2.24) is 5.32 Å². The van der Waals surface area contributed by atoms with E-state index in [0.29, 0.717) is 5.92 Å². The van der Waals surface area contributed by atoms with E-state index in [1.165, 1.54) is 12.8 Å². The Balaban J connectivity index is 2.34. The Bertz CT molecular complexity index is 169. The van der Waals surface area contributed by atoms with E-state index in [0.717, 1.165) is 24.7 Å². The van der Waals surface area contributed by atoms with Gasteiger partial charge < -0.3 is 5.32 Å². The summed E-state index contributed by atoms with van der Waals surface area (Å²) in [4.78, 5) is 11.3. The zero-order valence-corrected chi connectivity index (χ0v) is 8.97. The van der Waals surface area contributed by atoms with Crippen LogP contribution in [0.2, 0.25) is 0 Å². The molecule has 1 N–H and O–H groups in total. The first-order chi connectivity index (χ1) is 6.15. The van der Waals surface area contributed by atoms with Crippen LogP contribution in [-0.4, -0.2) is 13.0 Å². The Labute approximate surface area is 81.1 Å². The molecule has 1 aliphatic carbocycles. The van der Waals surface area contributed by atoms with Crippen LogP contribution in [-0.2, 0) is 4.79 Å². The maximum Gasteiger partial charge on any atom is 0.222 e. The highest BCUT2D eigenvalue weighted by Crippen LogP contribution is 2.33. The highest BCUT2D eigenvalue weighted by molar-refractivity contribution is 5.78. The number of carbonyl (C=O) groups is 1. The number of hydrogen-bond acceptors (Lipinski definition) is 1. The molecule has 1 aliphatic rings. The first-order valence-corrected chi connectivity index (χ1v) is 5.36. The summed E-state index contributed by atoms with van der Waals surface area (Å²) < 4.78 is 0. The highest BCUT2D eigenvalue weighted by Gasteiger charge is 2.26. The first kappa shape index (κ1) is 10.6. The average molecular weight is 183 g/mol.